The second kappa shape index (κ2) is 6.46. The number of carboxylic acid groups (broad SMARTS) is 1. The average Bonchev–Trinajstić information content (AvgIpc) is 2.87. The van der Waals surface area contributed by atoms with E-state index >= 15 is 0 Å². The molecule has 0 amide bonds. The number of phenols is 1. The summed E-state index contributed by atoms with van der Waals surface area (Å²) < 4.78 is 15.1. The van der Waals surface area contributed by atoms with Crippen molar-refractivity contribution in [2.75, 3.05) is 0 Å². The highest BCUT2D eigenvalue weighted by molar-refractivity contribution is 6.30. The van der Waals surface area contributed by atoms with Gasteiger partial charge in [0.15, 0.2) is 0 Å². The number of aromatic nitrogens is 1. The molecule has 0 fully saturated rings. The molecule has 0 aliphatic rings. The van der Waals surface area contributed by atoms with Crippen LogP contribution in [-0.4, -0.2) is 26.7 Å². The average molecular weight is 376 g/mol. The van der Waals surface area contributed by atoms with E-state index in [1.54, 1.807) is 6.92 Å². The van der Waals surface area contributed by atoms with E-state index < -0.39 is 23.6 Å². The van der Waals surface area contributed by atoms with Gasteiger partial charge in [-0.3, -0.25) is 14.2 Å². The fourth-order valence-corrected chi connectivity index (χ4v) is 3.24. The normalized spacial score (nSPS) is 12.3. The summed E-state index contributed by atoms with van der Waals surface area (Å²) in [5.41, 5.74) is 1.35. The Hall–Kier alpha value is -2.86. The zero-order valence-corrected chi connectivity index (χ0v) is 14.7. The van der Waals surface area contributed by atoms with Crippen molar-refractivity contribution in [1.82, 2.24) is 4.57 Å². The first-order valence-corrected chi connectivity index (χ1v) is 8.16. The van der Waals surface area contributed by atoms with Crippen molar-refractivity contribution in [3.63, 3.8) is 0 Å². The first-order valence-electron chi connectivity index (χ1n) is 7.79. The molecule has 7 heteroatoms. The van der Waals surface area contributed by atoms with E-state index in [2.05, 4.69) is 0 Å². The number of nitrogens with zero attached hydrogens (tertiary/aromatic N) is 1. The molecule has 2 N–H and O–H groups in total. The predicted molar refractivity (Wildman–Crippen MR) is 95.5 cm³/mol. The van der Waals surface area contributed by atoms with Crippen LogP contribution in [0, 0.1) is 12.7 Å². The predicted octanol–water partition coefficient (Wildman–Crippen LogP) is 4.32. The molecule has 0 aliphatic carbocycles. The molecule has 1 heterocycles. The van der Waals surface area contributed by atoms with Crippen LogP contribution in [0.25, 0.3) is 10.9 Å². The van der Waals surface area contributed by atoms with E-state index in [-0.39, 0.29) is 16.3 Å². The Bertz CT molecular complexity index is 1060. The van der Waals surface area contributed by atoms with Crippen LogP contribution in [0.1, 0.15) is 34.5 Å². The Morgan fingerprint density at radius 2 is 1.88 bits per heavy atom. The topological polar surface area (TPSA) is 79.5 Å². The standard InChI is InChI=1S/C19H15ClFNO4/c1-9(19(25)26)17-10(2)22(16-6-4-12(23)8-13(16)17)18(24)11-3-5-14(20)15(21)7-11/h3-9,23H,1-2H3,(H,25,26). The number of aromatic hydroxyl groups is 1. The van der Waals surface area contributed by atoms with Crippen molar-refractivity contribution >= 4 is 34.4 Å². The van der Waals surface area contributed by atoms with Gasteiger partial charge in [-0.2, -0.15) is 0 Å². The molecule has 1 atom stereocenters. The molecule has 5 nitrogen and oxygen atoms in total. The molecule has 0 spiro atoms. The molecular formula is C19H15ClFNO4. The number of halogens is 2. The summed E-state index contributed by atoms with van der Waals surface area (Å²) in [6, 6.07) is 8.08. The largest absolute Gasteiger partial charge is 0.508 e. The summed E-state index contributed by atoms with van der Waals surface area (Å²) in [6.45, 7) is 3.13. The second-order valence-corrected chi connectivity index (χ2v) is 6.44. The van der Waals surface area contributed by atoms with E-state index in [0.29, 0.717) is 22.2 Å². The summed E-state index contributed by atoms with van der Waals surface area (Å²) in [5, 5.41) is 19.6. The van der Waals surface area contributed by atoms with Crippen LogP contribution in [0.3, 0.4) is 0 Å². The summed E-state index contributed by atoms with van der Waals surface area (Å²) >= 11 is 5.67. The lowest BCUT2D eigenvalue weighted by Crippen LogP contribution is -2.15. The van der Waals surface area contributed by atoms with Crippen LogP contribution in [0.15, 0.2) is 36.4 Å². The highest BCUT2D eigenvalue weighted by Gasteiger charge is 2.26. The van der Waals surface area contributed by atoms with Crippen molar-refractivity contribution in [2.24, 2.45) is 0 Å². The second-order valence-electron chi connectivity index (χ2n) is 6.03. The van der Waals surface area contributed by atoms with Crippen LogP contribution >= 0.6 is 11.6 Å². The molecule has 26 heavy (non-hydrogen) atoms. The van der Waals surface area contributed by atoms with E-state index in [1.807, 2.05) is 0 Å². The Morgan fingerprint density at radius 3 is 2.50 bits per heavy atom. The number of fused-ring (bicyclic) bond motifs is 1. The van der Waals surface area contributed by atoms with Gasteiger partial charge in [0, 0.05) is 16.6 Å². The number of hydrogen-bond acceptors (Lipinski definition) is 3. The van der Waals surface area contributed by atoms with Crippen LogP contribution < -0.4 is 0 Å². The van der Waals surface area contributed by atoms with Gasteiger partial charge < -0.3 is 10.2 Å². The monoisotopic (exact) mass is 375 g/mol. The van der Waals surface area contributed by atoms with Crippen molar-refractivity contribution in [3.8, 4) is 5.75 Å². The molecule has 0 saturated heterocycles. The number of rotatable bonds is 3. The Balaban J connectivity index is 2.29. The van der Waals surface area contributed by atoms with Crippen LogP contribution in [-0.2, 0) is 4.79 Å². The summed E-state index contributed by atoms with van der Waals surface area (Å²) in [5.74, 6) is -3.23. The Kier molecular flexibility index (Phi) is 4.46. The number of carboxylic acids is 1. The first-order chi connectivity index (χ1) is 12.2. The molecule has 0 saturated carbocycles. The number of aliphatic carboxylic acids is 1. The fourth-order valence-electron chi connectivity index (χ4n) is 3.12. The van der Waals surface area contributed by atoms with E-state index in [4.69, 9.17) is 11.6 Å². The molecule has 2 aromatic carbocycles. The number of benzene rings is 2. The zero-order valence-electron chi connectivity index (χ0n) is 14.0. The van der Waals surface area contributed by atoms with Gasteiger partial charge >= 0.3 is 5.97 Å². The van der Waals surface area contributed by atoms with Crippen LogP contribution in [0.2, 0.25) is 5.02 Å². The van der Waals surface area contributed by atoms with E-state index in [1.165, 1.54) is 41.8 Å². The summed E-state index contributed by atoms with van der Waals surface area (Å²) in [4.78, 5) is 24.5. The molecule has 1 unspecified atom stereocenters. The SMILES string of the molecule is Cc1c(C(C)C(=O)O)c2cc(O)ccc2n1C(=O)c1ccc(Cl)c(F)c1. The minimum absolute atomic E-state index is 0.0431. The van der Waals surface area contributed by atoms with Gasteiger partial charge in [-0.25, -0.2) is 4.39 Å². The molecule has 1 aromatic heterocycles. The first kappa shape index (κ1) is 17.9. The molecule has 0 bridgehead atoms. The molecule has 0 radical (unpaired) electrons. The number of phenolic OH excluding ortho intramolecular Hbond substituents is 1. The Morgan fingerprint density at radius 1 is 1.19 bits per heavy atom. The third-order valence-electron chi connectivity index (χ3n) is 4.41. The molecule has 0 aliphatic heterocycles. The van der Waals surface area contributed by atoms with E-state index in [9.17, 15) is 24.2 Å². The summed E-state index contributed by atoms with van der Waals surface area (Å²) in [7, 11) is 0. The molecule has 134 valence electrons. The maximum absolute atomic E-state index is 13.8. The van der Waals surface area contributed by atoms with Crippen LogP contribution in [0.5, 0.6) is 5.75 Å². The van der Waals surface area contributed by atoms with E-state index in [0.717, 1.165) is 6.07 Å². The van der Waals surface area contributed by atoms with Crippen molar-refractivity contribution in [2.45, 2.75) is 19.8 Å². The van der Waals surface area contributed by atoms with Gasteiger partial charge in [0.2, 0.25) is 0 Å². The minimum atomic E-state index is -1.06. The fraction of sp³-hybridized carbons (Fsp3) is 0.158. The van der Waals surface area contributed by atoms with Crippen molar-refractivity contribution in [1.29, 1.82) is 0 Å². The Labute approximate surface area is 153 Å². The highest BCUT2D eigenvalue weighted by atomic mass is 35.5. The summed E-state index contributed by atoms with van der Waals surface area (Å²) in [6.07, 6.45) is 0. The van der Waals surface area contributed by atoms with Gasteiger partial charge in [0.1, 0.15) is 11.6 Å². The third-order valence-corrected chi connectivity index (χ3v) is 4.72. The maximum Gasteiger partial charge on any atom is 0.310 e. The highest BCUT2D eigenvalue weighted by Crippen LogP contribution is 2.34. The number of carbonyl (C=O) groups excluding carboxylic acids is 1. The van der Waals surface area contributed by atoms with Gasteiger partial charge in [0.25, 0.3) is 5.91 Å². The lowest BCUT2D eigenvalue weighted by molar-refractivity contribution is -0.138. The lowest BCUT2D eigenvalue weighted by Gasteiger charge is -2.10. The third kappa shape index (κ3) is 2.82. The molecule has 3 aromatic rings. The van der Waals surface area contributed by atoms with Gasteiger partial charge in [-0.1, -0.05) is 11.6 Å². The van der Waals surface area contributed by atoms with Crippen molar-refractivity contribution in [3.05, 3.63) is 64.1 Å². The zero-order chi connectivity index (χ0) is 19.2. The van der Waals surface area contributed by atoms with Crippen molar-refractivity contribution < 1.29 is 24.2 Å². The van der Waals surface area contributed by atoms with Crippen LogP contribution in [0.4, 0.5) is 4.39 Å². The molecule has 3 rings (SSSR count). The number of carbonyl (C=O) groups is 2. The quantitative estimate of drug-likeness (QED) is 0.714. The van der Waals surface area contributed by atoms with Gasteiger partial charge in [-0.15, -0.1) is 0 Å². The smallest absolute Gasteiger partial charge is 0.310 e. The minimum Gasteiger partial charge on any atom is -0.508 e. The molecular weight excluding hydrogens is 361 g/mol. The maximum atomic E-state index is 13.8. The number of hydrogen-bond donors (Lipinski definition) is 2. The lowest BCUT2D eigenvalue weighted by atomic mass is 9.98. The van der Waals surface area contributed by atoms with Gasteiger partial charge in [0.05, 0.1) is 16.5 Å². The van der Waals surface area contributed by atoms with Gasteiger partial charge in [-0.05, 0) is 55.8 Å².